The number of hydrogen-bond acceptors (Lipinski definition) is 5. The molecule has 0 bridgehead atoms. The van der Waals surface area contributed by atoms with Crippen LogP contribution in [-0.4, -0.2) is 46.8 Å². The third-order valence-electron chi connectivity index (χ3n) is 6.97. The maximum atomic E-state index is 14.1. The van der Waals surface area contributed by atoms with Crippen LogP contribution in [-0.2, 0) is 16.4 Å². The minimum Gasteiger partial charge on any atom is -0.361 e. The van der Waals surface area contributed by atoms with Crippen molar-refractivity contribution in [2.75, 3.05) is 19.3 Å². The van der Waals surface area contributed by atoms with Gasteiger partial charge in [0.1, 0.15) is 17.4 Å². The van der Waals surface area contributed by atoms with E-state index in [0.717, 1.165) is 45.0 Å². The fraction of sp³-hybridized carbons (Fsp3) is 0.385. The number of imidazole rings is 1. The third kappa shape index (κ3) is 4.55. The van der Waals surface area contributed by atoms with Gasteiger partial charge in [-0.2, -0.15) is 0 Å². The Bertz CT molecular complexity index is 1540. The van der Waals surface area contributed by atoms with Crippen LogP contribution in [0.2, 0.25) is 5.02 Å². The molecule has 0 radical (unpaired) electrons. The Kier molecular flexibility index (Phi) is 6.43. The normalized spacial score (nSPS) is 17.8. The first kappa shape index (κ1) is 24.9. The molecule has 2 aromatic heterocycles. The van der Waals surface area contributed by atoms with Crippen molar-refractivity contribution in [2.24, 2.45) is 0 Å². The maximum absolute atomic E-state index is 14.1. The molecule has 0 saturated carbocycles. The van der Waals surface area contributed by atoms with Gasteiger partial charge in [-0.05, 0) is 62.1 Å². The highest BCUT2D eigenvalue weighted by molar-refractivity contribution is 7.88. The molecule has 1 aliphatic heterocycles. The van der Waals surface area contributed by atoms with Gasteiger partial charge in [-0.25, -0.2) is 22.1 Å². The highest BCUT2D eigenvalue weighted by Crippen LogP contribution is 2.36. The highest BCUT2D eigenvalue weighted by Gasteiger charge is 2.33. The number of fused-ring (bicyclic) bond motifs is 1. The van der Waals surface area contributed by atoms with E-state index in [9.17, 15) is 12.8 Å². The molecule has 3 heterocycles. The lowest BCUT2D eigenvalue weighted by Crippen LogP contribution is -2.28. The average Bonchev–Trinajstić information content (AvgIpc) is 3.52. The van der Waals surface area contributed by atoms with Gasteiger partial charge in [0.2, 0.25) is 10.0 Å². The van der Waals surface area contributed by atoms with E-state index in [1.54, 1.807) is 6.07 Å². The predicted molar refractivity (Wildman–Crippen MR) is 138 cm³/mol. The average molecular weight is 531 g/mol. The van der Waals surface area contributed by atoms with Crippen LogP contribution in [0.4, 0.5) is 4.39 Å². The number of rotatable bonds is 6. The van der Waals surface area contributed by atoms with Gasteiger partial charge >= 0.3 is 0 Å². The van der Waals surface area contributed by atoms with Crippen molar-refractivity contribution in [3.05, 3.63) is 70.1 Å². The fourth-order valence-corrected chi connectivity index (χ4v) is 6.23. The van der Waals surface area contributed by atoms with Gasteiger partial charge in [0.25, 0.3) is 0 Å². The van der Waals surface area contributed by atoms with Crippen molar-refractivity contribution in [1.29, 1.82) is 0 Å². The van der Waals surface area contributed by atoms with Crippen molar-refractivity contribution in [3.63, 3.8) is 0 Å². The highest BCUT2D eigenvalue weighted by atomic mass is 35.5. The molecule has 4 aromatic rings. The van der Waals surface area contributed by atoms with Crippen LogP contribution in [0.1, 0.15) is 48.1 Å². The van der Waals surface area contributed by atoms with Gasteiger partial charge in [0.15, 0.2) is 0 Å². The number of sulfonamides is 1. The molecule has 7 nitrogen and oxygen atoms in total. The van der Waals surface area contributed by atoms with Gasteiger partial charge in [-0.3, -0.25) is 0 Å². The van der Waals surface area contributed by atoms with Crippen molar-refractivity contribution in [1.82, 2.24) is 19.0 Å². The molecule has 5 rings (SSSR count). The number of aryl methyl sites for hydroxylation is 2. The number of nitrogens with zero attached hydrogens (tertiary/aromatic N) is 4. The van der Waals surface area contributed by atoms with Gasteiger partial charge in [0.05, 0.1) is 34.0 Å². The molecule has 1 fully saturated rings. The largest absolute Gasteiger partial charge is 0.361 e. The van der Waals surface area contributed by atoms with Crippen LogP contribution in [0.15, 0.2) is 40.9 Å². The Morgan fingerprint density at radius 1 is 1.22 bits per heavy atom. The third-order valence-corrected chi connectivity index (χ3v) is 8.54. The summed E-state index contributed by atoms with van der Waals surface area (Å²) < 4.78 is 47.6. The van der Waals surface area contributed by atoms with E-state index in [-0.39, 0.29) is 17.0 Å². The summed E-state index contributed by atoms with van der Waals surface area (Å²) in [5.74, 6) is 1.09. The van der Waals surface area contributed by atoms with Gasteiger partial charge < -0.3 is 9.09 Å². The van der Waals surface area contributed by atoms with Crippen LogP contribution in [0.5, 0.6) is 0 Å². The molecule has 1 saturated heterocycles. The molecule has 1 aliphatic rings. The molecular weight excluding hydrogens is 503 g/mol. The quantitative estimate of drug-likeness (QED) is 0.321. The predicted octanol–water partition coefficient (Wildman–Crippen LogP) is 5.65. The maximum Gasteiger partial charge on any atom is 0.211 e. The first-order valence-corrected chi connectivity index (χ1v) is 14.1. The summed E-state index contributed by atoms with van der Waals surface area (Å²) in [4.78, 5) is 5.03. The molecule has 10 heteroatoms. The zero-order valence-electron chi connectivity index (χ0n) is 20.6. The molecular formula is C26H28ClFN4O3S. The fourth-order valence-electron chi connectivity index (χ4n) is 5.23. The number of halogens is 2. The van der Waals surface area contributed by atoms with Crippen molar-refractivity contribution in [3.8, 4) is 11.1 Å². The molecule has 36 heavy (non-hydrogen) atoms. The molecule has 0 unspecified atom stereocenters. The van der Waals surface area contributed by atoms with Gasteiger partial charge in [-0.1, -0.05) is 35.8 Å². The molecule has 2 aromatic carbocycles. The smallest absolute Gasteiger partial charge is 0.211 e. The van der Waals surface area contributed by atoms with Crippen molar-refractivity contribution >= 4 is 32.7 Å². The minimum absolute atomic E-state index is 0.0472. The standard InChI is InChI=1S/C26H28ClFN4O3S/c1-15(11-18-5-7-21(27)22(28)12-18)26-29-23-13-19(25-16(2)30-35-17(25)3)6-8-24(23)32(26)20-9-10-31(14-20)36(4,33)34/h5-8,12-13,15,20H,9-11,14H2,1-4H3/t15-,20+/m0/s1. The van der Waals surface area contributed by atoms with Crippen LogP contribution in [0.25, 0.3) is 22.2 Å². The Morgan fingerprint density at radius 3 is 2.64 bits per heavy atom. The summed E-state index contributed by atoms with van der Waals surface area (Å²) in [5, 5.41) is 4.17. The summed E-state index contributed by atoms with van der Waals surface area (Å²) in [6.45, 7) is 6.71. The molecule has 0 amide bonds. The lowest BCUT2D eigenvalue weighted by atomic mass is 10.00. The van der Waals surface area contributed by atoms with Crippen molar-refractivity contribution in [2.45, 2.75) is 45.6 Å². The molecule has 0 aliphatic carbocycles. The minimum atomic E-state index is -3.29. The molecule has 0 spiro atoms. The zero-order chi connectivity index (χ0) is 25.8. The van der Waals surface area contributed by atoms with E-state index >= 15 is 0 Å². The van der Waals surface area contributed by atoms with Crippen LogP contribution in [0, 0.1) is 19.7 Å². The first-order valence-electron chi connectivity index (χ1n) is 11.9. The van der Waals surface area contributed by atoms with E-state index in [1.165, 1.54) is 16.6 Å². The lowest BCUT2D eigenvalue weighted by molar-refractivity contribution is 0.393. The zero-order valence-corrected chi connectivity index (χ0v) is 22.2. The summed E-state index contributed by atoms with van der Waals surface area (Å²) in [5.41, 5.74) is 5.30. The van der Waals surface area contributed by atoms with Crippen LogP contribution >= 0.6 is 11.6 Å². The second-order valence-corrected chi connectivity index (χ2v) is 12.0. The van der Waals surface area contributed by atoms with E-state index in [0.29, 0.717) is 25.9 Å². The first-order chi connectivity index (χ1) is 17.0. The van der Waals surface area contributed by atoms with E-state index in [2.05, 4.69) is 16.6 Å². The van der Waals surface area contributed by atoms with Crippen LogP contribution < -0.4 is 0 Å². The summed E-state index contributed by atoms with van der Waals surface area (Å²) >= 11 is 5.87. The Morgan fingerprint density at radius 2 is 2.00 bits per heavy atom. The molecule has 2 atom stereocenters. The Labute approximate surface area is 214 Å². The van der Waals surface area contributed by atoms with E-state index in [1.807, 2.05) is 38.1 Å². The number of benzene rings is 2. The van der Waals surface area contributed by atoms with E-state index in [4.69, 9.17) is 21.1 Å². The molecule has 0 N–H and O–H groups in total. The number of aromatic nitrogens is 3. The monoisotopic (exact) mass is 530 g/mol. The topological polar surface area (TPSA) is 81.2 Å². The number of hydrogen-bond donors (Lipinski definition) is 0. The summed E-state index contributed by atoms with van der Waals surface area (Å²) in [6, 6.07) is 10.9. The Balaban J connectivity index is 1.59. The van der Waals surface area contributed by atoms with Gasteiger partial charge in [0, 0.05) is 24.6 Å². The Hall–Kier alpha value is -2.75. The van der Waals surface area contributed by atoms with Crippen molar-refractivity contribution < 1.29 is 17.3 Å². The van der Waals surface area contributed by atoms with Gasteiger partial charge in [-0.15, -0.1) is 0 Å². The second-order valence-electron chi connectivity index (χ2n) is 9.66. The second kappa shape index (κ2) is 9.28. The summed E-state index contributed by atoms with van der Waals surface area (Å²) in [7, 11) is -3.29. The summed E-state index contributed by atoms with van der Waals surface area (Å²) in [6.07, 6.45) is 2.51. The molecule has 190 valence electrons. The SMILES string of the molecule is Cc1noc(C)c1-c1ccc2c(c1)nc([C@@H](C)Cc1ccc(Cl)c(F)c1)n2[C@@H]1CCN(S(C)(=O)=O)C1. The lowest BCUT2D eigenvalue weighted by Gasteiger charge is -2.21. The van der Waals surface area contributed by atoms with E-state index < -0.39 is 15.8 Å². The van der Waals surface area contributed by atoms with Crippen LogP contribution in [0.3, 0.4) is 0 Å².